The summed E-state index contributed by atoms with van der Waals surface area (Å²) in [6.45, 7) is 3.62. The lowest BCUT2D eigenvalue weighted by Gasteiger charge is -2.08. The van der Waals surface area contributed by atoms with Crippen molar-refractivity contribution in [3.63, 3.8) is 0 Å². The van der Waals surface area contributed by atoms with Crippen molar-refractivity contribution in [3.05, 3.63) is 59.4 Å². The zero-order chi connectivity index (χ0) is 16.6. The number of rotatable bonds is 2. The van der Waals surface area contributed by atoms with E-state index in [0.29, 0.717) is 17.2 Å². The molecule has 0 fully saturated rings. The summed E-state index contributed by atoms with van der Waals surface area (Å²) >= 11 is 0. The van der Waals surface area contributed by atoms with Gasteiger partial charge >= 0.3 is 6.18 Å². The van der Waals surface area contributed by atoms with Gasteiger partial charge in [0.15, 0.2) is 5.82 Å². The number of halogens is 3. The van der Waals surface area contributed by atoms with Gasteiger partial charge in [0.05, 0.1) is 16.9 Å². The Morgan fingerprint density at radius 2 is 1.70 bits per heavy atom. The molecule has 2 heterocycles. The molecule has 0 amide bonds. The van der Waals surface area contributed by atoms with Gasteiger partial charge in [-0.25, -0.2) is 4.98 Å². The van der Waals surface area contributed by atoms with Crippen LogP contribution in [0.2, 0.25) is 0 Å². The molecule has 0 radical (unpaired) electrons. The number of pyridine rings is 1. The standard InChI is InChI=1S/C16H13F3N4/c1-10-6-5-9-14-20-11(2)15(23(10)14)22-21-13-8-4-3-7-12(13)16(17,18)19/h3-9H,1-2H3. The van der Waals surface area contributed by atoms with Gasteiger partial charge in [0.1, 0.15) is 5.65 Å². The van der Waals surface area contributed by atoms with Crippen molar-refractivity contribution in [2.75, 3.05) is 0 Å². The van der Waals surface area contributed by atoms with Gasteiger partial charge in [0.2, 0.25) is 0 Å². The first kappa shape index (κ1) is 15.2. The molecule has 0 aliphatic carbocycles. The molecule has 3 rings (SSSR count). The van der Waals surface area contributed by atoms with Crippen molar-refractivity contribution >= 4 is 17.2 Å². The smallest absolute Gasteiger partial charge is 0.280 e. The Morgan fingerprint density at radius 3 is 2.43 bits per heavy atom. The molecule has 118 valence electrons. The number of benzene rings is 1. The first-order valence-electron chi connectivity index (χ1n) is 6.90. The van der Waals surface area contributed by atoms with Gasteiger partial charge in [-0.2, -0.15) is 13.2 Å². The summed E-state index contributed by atoms with van der Waals surface area (Å²) in [6.07, 6.45) is -4.47. The van der Waals surface area contributed by atoms with Gasteiger partial charge in [-0.1, -0.05) is 18.2 Å². The van der Waals surface area contributed by atoms with Crippen LogP contribution in [0.3, 0.4) is 0 Å². The topological polar surface area (TPSA) is 42.0 Å². The predicted octanol–water partition coefficient (Wildman–Crippen LogP) is 5.39. The molecular formula is C16H13F3N4. The lowest BCUT2D eigenvalue weighted by molar-refractivity contribution is -0.137. The average Bonchev–Trinajstić information content (AvgIpc) is 2.81. The van der Waals surface area contributed by atoms with Crippen LogP contribution in [-0.4, -0.2) is 9.38 Å². The zero-order valence-corrected chi connectivity index (χ0v) is 12.5. The molecule has 0 N–H and O–H groups in total. The minimum atomic E-state index is -4.47. The normalized spacial score (nSPS) is 12.4. The van der Waals surface area contributed by atoms with E-state index < -0.39 is 11.7 Å². The molecule has 2 aromatic heterocycles. The second kappa shape index (κ2) is 5.49. The van der Waals surface area contributed by atoms with Crippen molar-refractivity contribution in [1.29, 1.82) is 0 Å². The third-order valence-corrected chi connectivity index (χ3v) is 3.44. The maximum atomic E-state index is 13.0. The second-order valence-electron chi connectivity index (χ2n) is 5.10. The molecule has 0 saturated heterocycles. The van der Waals surface area contributed by atoms with E-state index in [4.69, 9.17) is 0 Å². The third kappa shape index (κ3) is 2.81. The van der Waals surface area contributed by atoms with E-state index in [1.165, 1.54) is 18.2 Å². The molecule has 4 nitrogen and oxygen atoms in total. The van der Waals surface area contributed by atoms with E-state index in [1.54, 1.807) is 11.3 Å². The highest BCUT2D eigenvalue weighted by molar-refractivity contribution is 5.54. The van der Waals surface area contributed by atoms with E-state index >= 15 is 0 Å². The van der Waals surface area contributed by atoms with E-state index in [9.17, 15) is 13.2 Å². The summed E-state index contributed by atoms with van der Waals surface area (Å²) < 4.78 is 40.7. The fourth-order valence-electron chi connectivity index (χ4n) is 2.37. The zero-order valence-electron chi connectivity index (χ0n) is 12.5. The molecule has 0 aliphatic heterocycles. The van der Waals surface area contributed by atoms with Crippen LogP contribution in [0.4, 0.5) is 24.7 Å². The molecule has 23 heavy (non-hydrogen) atoms. The average molecular weight is 318 g/mol. The maximum absolute atomic E-state index is 13.0. The quantitative estimate of drug-likeness (QED) is 0.584. The van der Waals surface area contributed by atoms with Crippen LogP contribution in [0.5, 0.6) is 0 Å². The summed E-state index contributed by atoms with van der Waals surface area (Å²) in [7, 11) is 0. The van der Waals surface area contributed by atoms with Crippen LogP contribution in [0, 0.1) is 13.8 Å². The molecular weight excluding hydrogens is 305 g/mol. The molecule has 0 saturated carbocycles. The van der Waals surface area contributed by atoms with Gasteiger partial charge in [0.25, 0.3) is 0 Å². The Bertz CT molecular complexity index is 894. The first-order valence-corrected chi connectivity index (χ1v) is 6.90. The van der Waals surface area contributed by atoms with Crippen LogP contribution >= 0.6 is 0 Å². The number of fused-ring (bicyclic) bond motifs is 1. The Balaban J connectivity index is 2.11. The van der Waals surface area contributed by atoms with E-state index in [1.807, 2.05) is 25.1 Å². The van der Waals surface area contributed by atoms with Crippen molar-refractivity contribution in [3.8, 4) is 0 Å². The van der Waals surface area contributed by atoms with Crippen molar-refractivity contribution < 1.29 is 13.2 Å². The van der Waals surface area contributed by atoms with Gasteiger partial charge in [0, 0.05) is 5.69 Å². The minimum Gasteiger partial charge on any atom is -0.280 e. The highest BCUT2D eigenvalue weighted by Crippen LogP contribution is 2.37. The van der Waals surface area contributed by atoms with Crippen molar-refractivity contribution in [1.82, 2.24) is 9.38 Å². The van der Waals surface area contributed by atoms with E-state index in [-0.39, 0.29) is 5.69 Å². The van der Waals surface area contributed by atoms with E-state index in [2.05, 4.69) is 15.2 Å². The van der Waals surface area contributed by atoms with Gasteiger partial charge in [-0.05, 0) is 38.1 Å². The van der Waals surface area contributed by atoms with Gasteiger partial charge < -0.3 is 0 Å². The Kier molecular flexibility index (Phi) is 3.63. The second-order valence-corrected chi connectivity index (χ2v) is 5.10. The SMILES string of the molecule is Cc1nc2cccc(C)n2c1N=Nc1ccccc1C(F)(F)F. The summed E-state index contributed by atoms with van der Waals surface area (Å²) in [6, 6.07) is 10.6. The lowest BCUT2D eigenvalue weighted by atomic mass is 10.2. The fourth-order valence-corrected chi connectivity index (χ4v) is 2.37. The van der Waals surface area contributed by atoms with Crippen molar-refractivity contribution in [2.45, 2.75) is 20.0 Å². The lowest BCUT2D eigenvalue weighted by Crippen LogP contribution is -2.04. The van der Waals surface area contributed by atoms with Crippen LogP contribution in [0.25, 0.3) is 5.65 Å². The summed E-state index contributed by atoms with van der Waals surface area (Å²) in [5, 5.41) is 7.84. The molecule has 0 spiro atoms. The number of nitrogens with zero attached hydrogens (tertiary/aromatic N) is 4. The highest BCUT2D eigenvalue weighted by atomic mass is 19.4. The largest absolute Gasteiger partial charge is 0.418 e. The monoisotopic (exact) mass is 318 g/mol. The minimum absolute atomic E-state index is 0.220. The summed E-state index contributed by atoms with van der Waals surface area (Å²) in [4.78, 5) is 4.34. The molecule has 0 aliphatic rings. The third-order valence-electron chi connectivity index (χ3n) is 3.44. The predicted molar refractivity (Wildman–Crippen MR) is 80.3 cm³/mol. The van der Waals surface area contributed by atoms with Gasteiger partial charge in [-0.15, -0.1) is 10.2 Å². The Hall–Kier alpha value is -2.70. The number of azo groups is 1. The molecule has 1 aromatic carbocycles. The summed E-state index contributed by atoms with van der Waals surface area (Å²) in [5.41, 5.74) is 1.13. The Labute approximate surface area is 130 Å². The van der Waals surface area contributed by atoms with Crippen LogP contribution in [0.1, 0.15) is 17.0 Å². The van der Waals surface area contributed by atoms with Crippen LogP contribution in [-0.2, 0) is 6.18 Å². The molecule has 7 heteroatoms. The van der Waals surface area contributed by atoms with Crippen molar-refractivity contribution in [2.24, 2.45) is 10.2 Å². The van der Waals surface area contributed by atoms with Crippen LogP contribution < -0.4 is 0 Å². The van der Waals surface area contributed by atoms with Gasteiger partial charge in [-0.3, -0.25) is 4.40 Å². The maximum Gasteiger partial charge on any atom is 0.418 e. The van der Waals surface area contributed by atoms with Crippen LogP contribution in [0.15, 0.2) is 52.7 Å². The first-order chi connectivity index (χ1) is 10.9. The number of alkyl halides is 3. The Morgan fingerprint density at radius 1 is 0.957 bits per heavy atom. The van der Waals surface area contributed by atoms with E-state index in [0.717, 1.165) is 11.8 Å². The molecule has 3 aromatic rings. The molecule has 0 unspecified atom stereocenters. The fraction of sp³-hybridized carbons (Fsp3) is 0.188. The number of aromatic nitrogens is 2. The molecule has 0 atom stereocenters. The highest BCUT2D eigenvalue weighted by Gasteiger charge is 2.33. The molecule has 0 bridgehead atoms. The summed E-state index contributed by atoms with van der Waals surface area (Å²) in [5.74, 6) is 0.426. The number of imidazole rings is 1. The number of hydrogen-bond donors (Lipinski definition) is 0. The number of hydrogen-bond acceptors (Lipinski definition) is 3. The number of aryl methyl sites for hydroxylation is 2.